The van der Waals surface area contributed by atoms with E-state index < -0.39 is 12.1 Å². The van der Waals surface area contributed by atoms with E-state index in [2.05, 4.69) is 15.6 Å². The van der Waals surface area contributed by atoms with Crippen LogP contribution in [0.25, 0.3) is 11.0 Å². The largest absolute Gasteiger partial charge is 0.497 e. The van der Waals surface area contributed by atoms with Crippen LogP contribution >= 0.6 is 0 Å². The fourth-order valence-corrected chi connectivity index (χ4v) is 6.00. The van der Waals surface area contributed by atoms with Gasteiger partial charge < -0.3 is 29.2 Å². The molecule has 4 aromatic rings. The first kappa shape index (κ1) is 31.6. The highest BCUT2D eigenvalue weighted by Gasteiger charge is 2.37. The molecule has 2 amide bonds. The van der Waals surface area contributed by atoms with Crippen molar-refractivity contribution in [2.45, 2.75) is 63.7 Å². The second-order valence-electron chi connectivity index (χ2n) is 11.2. The van der Waals surface area contributed by atoms with Crippen LogP contribution in [-0.2, 0) is 16.1 Å². The van der Waals surface area contributed by atoms with E-state index in [1.807, 2.05) is 48.5 Å². The van der Waals surface area contributed by atoms with E-state index in [-0.39, 0.29) is 24.4 Å². The molecule has 0 aliphatic heterocycles. The number of nitrogens with one attached hydrogen (secondary N) is 1. The molecule has 11 nitrogen and oxygen atoms in total. The predicted molar refractivity (Wildman–Crippen MR) is 170 cm³/mol. The van der Waals surface area contributed by atoms with Crippen molar-refractivity contribution in [3.8, 4) is 23.0 Å². The maximum absolute atomic E-state index is 14.7. The van der Waals surface area contributed by atoms with Gasteiger partial charge in [0.25, 0.3) is 0 Å². The molecule has 0 spiro atoms. The van der Waals surface area contributed by atoms with E-state index in [4.69, 9.17) is 18.9 Å². The van der Waals surface area contributed by atoms with Gasteiger partial charge in [-0.05, 0) is 67.3 Å². The van der Waals surface area contributed by atoms with Crippen molar-refractivity contribution in [1.82, 2.24) is 25.2 Å². The average Bonchev–Trinajstić information content (AvgIpc) is 3.51. The minimum atomic E-state index is -1.03. The van der Waals surface area contributed by atoms with E-state index in [0.717, 1.165) is 43.2 Å². The van der Waals surface area contributed by atoms with Gasteiger partial charge in [-0.1, -0.05) is 48.7 Å². The van der Waals surface area contributed by atoms with Gasteiger partial charge in [-0.25, -0.2) is 4.68 Å². The molecule has 0 unspecified atom stereocenters. The molecule has 238 valence electrons. The lowest BCUT2D eigenvalue weighted by molar-refractivity contribution is -0.144. The van der Waals surface area contributed by atoms with Crippen LogP contribution in [-0.4, -0.2) is 66.2 Å². The summed E-state index contributed by atoms with van der Waals surface area (Å²) in [6, 6.07) is 16.6. The monoisotopic (exact) mass is 615 g/mol. The molecule has 1 aromatic heterocycles. The Morgan fingerprint density at radius 3 is 2.20 bits per heavy atom. The van der Waals surface area contributed by atoms with Crippen molar-refractivity contribution in [1.29, 1.82) is 0 Å². The second-order valence-corrected chi connectivity index (χ2v) is 11.2. The number of aromatic nitrogens is 3. The average molecular weight is 616 g/mol. The highest BCUT2D eigenvalue weighted by atomic mass is 16.5. The quantitative estimate of drug-likeness (QED) is 0.230. The number of nitrogens with zero attached hydrogens (tertiary/aromatic N) is 4. The summed E-state index contributed by atoms with van der Waals surface area (Å²) in [5.74, 6) is 1.26. The van der Waals surface area contributed by atoms with E-state index >= 15 is 0 Å². The number of rotatable bonds is 12. The molecule has 1 aliphatic rings. The Balaban J connectivity index is 1.64. The van der Waals surface area contributed by atoms with Crippen molar-refractivity contribution in [2.24, 2.45) is 0 Å². The molecular formula is C34H41N5O6. The molecule has 3 aromatic carbocycles. The topological polar surface area (TPSA) is 117 Å². The molecule has 0 saturated heterocycles. The summed E-state index contributed by atoms with van der Waals surface area (Å²) in [5.41, 5.74) is 2.74. The molecule has 0 radical (unpaired) electrons. The first-order valence-electron chi connectivity index (χ1n) is 15.2. The van der Waals surface area contributed by atoms with Crippen LogP contribution in [0.3, 0.4) is 0 Å². The Morgan fingerprint density at radius 1 is 0.911 bits per heavy atom. The van der Waals surface area contributed by atoms with Crippen LogP contribution in [0.4, 0.5) is 0 Å². The highest BCUT2D eigenvalue weighted by molar-refractivity contribution is 5.91. The van der Waals surface area contributed by atoms with Crippen molar-refractivity contribution in [3.63, 3.8) is 0 Å². The predicted octanol–water partition coefficient (Wildman–Crippen LogP) is 5.25. The first-order valence-corrected chi connectivity index (χ1v) is 15.2. The van der Waals surface area contributed by atoms with Crippen LogP contribution in [0.5, 0.6) is 23.0 Å². The Kier molecular flexibility index (Phi) is 10.1. The van der Waals surface area contributed by atoms with E-state index in [1.165, 1.54) is 21.3 Å². The fraction of sp³-hybridized carbons (Fsp3) is 0.412. The maximum Gasteiger partial charge on any atom is 0.248 e. The fourth-order valence-electron chi connectivity index (χ4n) is 6.00. The third-order valence-corrected chi connectivity index (χ3v) is 8.41. The summed E-state index contributed by atoms with van der Waals surface area (Å²) in [4.78, 5) is 30.8. The summed E-state index contributed by atoms with van der Waals surface area (Å²) in [5, 5.41) is 11.9. The molecular weight excluding hydrogens is 574 g/mol. The number of ether oxygens (including phenoxy) is 4. The number of carbonyl (C=O) groups excluding carboxylic acids is 2. The Bertz CT molecular complexity index is 1590. The lowest BCUT2D eigenvalue weighted by Crippen LogP contribution is -2.48. The highest BCUT2D eigenvalue weighted by Crippen LogP contribution is 2.41. The molecule has 1 fully saturated rings. The molecule has 1 N–H and O–H groups in total. The molecule has 45 heavy (non-hydrogen) atoms. The van der Waals surface area contributed by atoms with Crippen molar-refractivity contribution in [2.75, 3.05) is 28.4 Å². The van der Waals surface area contributed by atoms with Crippen molar-refractivity contribution >= 4 is 22.8 Å². The maximum atomic E-state index is 14.7. The van der Waals surface area contributed by atoms with Gasteiger partial charge in [0.1, 0.15) is 23.3 Å². The molecule has 1 saturated carbocycles. The standard InChI is InChI=1S/C34H41N5O6/c1-22(39-28-14-10-9-13-27(28)36-37-39)34(41)38(21-23-15-17-26(42-2)18-16-23)31(33(40)35-25-11-7-6-8-12-25)24-19-29(43-3)32(45-5)30(20-24)44-4/h9-10,13-20,22,25,31H,6-8,11-12,21H2,1-5H3,(H,35,40)/t22-,31+/m1/s1. The molecule has 1 heterocycles. The smallest absolute Gasteiger partial charge is 0.248 e. The third-order valence-electron chi connectivity index (χ3n) is 8.41. The summed E-state index contributed by atoms with van der Waals surface area (Å²) in [7, 11) is 6.18. The van der Waals surface area contributed by atoms with E-state index in [0.29, 0.717) is 34.1 Å². The van der Waals surface area contributed by atoms with Gasteiger partial charge in [-0.15, -0.1) is 5.10 Å². The number of hydrogen-bond acceptors (Lipinski definition) is 8. The zero-order chi connectivity index (χ0) is 31.9. The van der Waals surface area contributed by atoms with Crippen molar-refractivity contribution in [3.05, 3.63) is 71.8 Å². The molecule has 0 bridgehead atoms. The summed E-state index contributed by atoms with van der Waals surface area (Å²) >= 11 is 0. The molecule has 2 atom stereocenters. The van der Waals surface area contributed by atoms with Crippen LogP contribution in [0.2, 0.25) is 0 Å². The lowest BCUT2D eigenvalue weighted by Gasteiger charge is -2.35. The Labute approximate surface area is 263 Å². The summed E-state index contributed by atoms with van der Waals surface area (Å²) in [6.07, 6.45) is 5.02. The van der Waals surface area contributed by atoms with Crippen molar-refractivity contribution < 1.29 is 28.5 Å². The van der Waals surface area contributed by atoms with Gasteiger partial charge in [0.2, 0.25) is 17.6 Å². The minimum Gasteiger partial charge on any atom is -0.497 e. The Morgan fingerprint density at radius 2 is 1.58 bits per heavy atom. The minimum absolute atomic E-state index is 0.0189. The van der Waals surface area contributed by atoms with Gasteiger partial charge in [0, 0.05) is 12.6 Å². The number of carbonyl (C=O) groups is 2. The van der Waals surface area contributed by atoms with Crippen LogP contribution in [0.15, 0.2) is 60.7 Å². The van der Waals surface area contributed by atoms with Gasteiger partial charge >= 0.3 is 0 Å². The number of benzene rings is 3. The number of methoxy groups -OCH3 is 4. The number of amides is 2. The normalized spacial score (nSPS) is 14.8. The van der Waals surface area contributed by atoms with Crippen LogP contribution in [0, 0.1) is 0 Å². The van der Waals surface area contributed by atoms with E-state index in [1.54, 1.807) is 35.7 Å². The first-order chi connectivity index (χ1) is 21.9. The number of fused-ring (bicyclic) bond motifs is 1. The SMILES string of the molecule is COc1ccc(CN(C(=O)[C@@H](C)n2nnc3ccccc32)[C@H](C(=O)NC2CCCCC2)c2cc(OC)c(OC)c(OC)c2)cc1. The van der Waals surface area contributed by atoms with Gasteiger partial charge in [-0.2, -0.15) is 0 Å². The zero-order valence-corrected chi connectivity index (χ0v) is 26.5. The number of para-hydroxylation sites is 1. The van der Waals surface area contributed by atoms with E-state index in [9.17, 15) is 9.59 Å². The molecule has 5 rings (SSSR count). The van der Waals surface area contributed by atoms with Gasteiger partial charge in [0.05, 0.1) is 34.0 Å². The molecule has 1 aliphatic carbocycles. The number of hydrogen-bond donors (Lipinski definition) is 1. The molecule has 11 heteroatoms. The summed E-state index contributed by atoms with van der Waals surface area (Å²) in [6.45, 7) is 1.91. The van der Waals surface area contributed by atoms with Gasteiger partial charge in [-0.3, -0.25) is 9.59 Å². The third kappa shape index (κ3) is 6.82. The van der Waals surface area contributed by atoms with Gasteiger partial charge in [0.15, 0.2) is 11.5 Å². The zero-order valence-electron chi connectivity index (χ0n) is 26.5. The van der Waals surface area contributed by atoms with Crippen LogP contribution in [0.1, 0.15) is 62.2 Å². The Hall–Kier alpha value is -4.80. The second kappa shape index (κ2) is 14.3. The summed E-state index contributed by atoms with van der Waals surface area (Å²) < 4.78 is 23.9. The van der Waals surface area contributed by atoms with Crippen LogP contribution < -0.4 is 24.3 Å². The lowest BCUT2D eigenvalue weighted by atomic mass is 9.94.